The Balaban J connectivity index is 2.08. The van der Waals surface area contributed by atoms with Crippen molar-refractivity contribution in [3.8, 4) is 0 Å². The molecular formula is C21H23N3O3. The Labute approximate surface area is 158 Å². The van der Waals surface area contributed by atoms with Gasteiger partial charge in [0.2, 0.25) is 0 Å². The zero-order valence-corrected chi connectivity index (χ0v) is 16.2. The van der Waals surface area contributed by atoms with E-state index in [1.54, 1.807) is 18.2 Å². The average molecular weight is 365 g/mol. The van der Waals surface area contributed by atoms with Crippen LogP contribution in [0.3, 0.4) is 0 Å². The second-order valence-corrected chi connectivity index (χ2v) is 7.03. The molecule has 27 heavy (non-hydrogen) atoms. The maximum absolute atomic E-state index is 13.0. The van der Waals surface area contributed by atoms with Gasteiger partial charge in [0, 0.05) is 17.4 Å². The van der Waals surface area contributed by atoms with Crippen molar-refractivity contribution in [3.05, 3.63) is 58.4 Å². The number of aromatic nitrogens is 1. The van der Waals surface area contributed by atoms with E-state index in [1.165, 1.54) is 0 Å². The van der Waals surface area contributed by atoms with E-state index >= 15 is 0 Å². The van der Waals surface area contributed by atoms with E-state index in [0.29, 0.717) is 5.69 Å². The minimum absolute atomic E-state index is 0.0538. The lowest BCUT2D eigenvalue weighted by Gasteiger charge is -2.27. The molecular weight excluding hydrogens is 342 g/mol. The van der Waals surface area contributed by atoms with Crippen molar-refractivity contribution in [1.29, 1.82) is 0 Å². The number of para-hydroxylation sites is 1. The van der Waals surface area contributed by atoms with Gasteiger partial charge < -0.3 is 4.57 Å². The van der Waals surface area contributed by atoms with E-state index in [1.807, 2.05) is 39.0 Å². The second-order valence-electron chi connectivity index (χ2n) is 7.03. The van der Waals surface area contributed by atoms with Gasteiger partial charge in [0.15, 0.2) is 0 Å². The predicted octanol–water partition coefficient (Wildman–Crippen LogP) is 3.66. The van der Waals surface area contributed by atoms with Crippen LogP contribution in [-0.2, 0) is 9.59 Å². The number of barbiturate groups is 1. The smallest absolute Gasteiger partial charge is 0.335 e. The quantitative estimate of drug-likeness (QED) is 0.666. The molecule has 0 saturated carbocycles. The van der Waals surface area contributed by atoms with Crippen molar-refractivity contribution in [2.45, 2.75) is 40.7 Å². The van der Waals surface area contributed by atoms with Gasteiger partial charge in [-0.05, 0) is 64.0 Å². The lowest BCUT2D eigenvalue weighted by atomic mass is 10.1. The Hall–Kier alpha value is -3.15. The van der Waals surface area contributed by atoms with Gasteiger partial charge in [-0.25, -0.2) is 9.69 Å². The van der Waals surface area contributed by atoms with E-state index in [-0.39, 0.29) is 11.6 Å². The molecule has 2 heterocycles. The van der Waals surface area contributed by atoms with Gasteiger partial charge >= 0.3 is 6.03 Å². The van der Waals surface area contributed by atoms with Gasteiger partial charge in [0.25, 0.3) is 11.8 Å². The molecule has 0 atom stereocenters. The van der Waals surface area contributed by atoms with Crippen molar-refractivity contribution >= 4 is 29.6 Å². The summed E-state index contributed by atoms with van der Waals surface area (Å²) in [4.78, 5) is 38.7. The van der Waals surface area contributed by atoms with E-state index in [2.05, 4.69) is 23.7 Å². The SMILES string of the molecule is Cc1ccccc1N1C(=O)NC(=O)C(=Cc2cc(C)n(C(C)C)c2C)C1=O. The predicted molar refractivity (Wildman–Crippen MR) is 104 cm³/mol. The van der Waals surface area contributed by atoms with Crippen LogP contribution in [0.15, 0.2) is 35.9 Å². The van der Waals surface area contributed by atoms with Crippen LogP contribution in [0, 0.1) is 20.8 Å². The number of anilines is 1. The fraction of sp³-hybridized carbons (Fsp3) is 0.286. The molecule has 1 fully saturated rings. The first-order valence-corrected chi connectivity index (χ1v) is 8.88. The van der Waals surface area contributed by atoms with Gasteiger partial charge in [0.05, 0.1) is 5.69 Å². The highest BCUT2D eigenvalue weighted by Gasteiger charge is 2.37. The molecule has 0 bridgehead atoms. The monoisotopic (exact) mass is 365 g/mol. The molecule has 4 amide bonds. The normalized spacial score (nSPS) is 16.4. The van der Waals surface area contributed by atoms with Crippen LogP contribution in [0.2, 0.25) is 0 Å². The van der Waals surface area contributed by atoms with E-state index < -0.39 is 17.8 Å². The van der Waals surface area contributed by atoms with Crippen LogP contribution in [-0.4, -0.2) is 22.4 Å². The van der Waals surface area contributed by atoms with Crippen molar-refractivity contribution in [1.82, 2.24) is 9.88 Å². The maximum atomic E-state index is 13.0. The summed E-state index contributed by atoms with van der Waals surface area (Å²) in [6.45, 7) is 9.91. The molecule has 0 unspecified atom stereocenters. The molecule has 1 aromatic carbocycles. The molecule has 1 aliphatic heterocycles. The number of urea groups is 1. The summed E-state index contributed by atoms with van der Waals surface area (Å²) in [5.74, 6) is -1.29. The fourth-order valence-electron chi connectivity index (χ4n) is 3.59. The van der Waals surface area contributed by atoms with Crippen molar-refractivity contribution < 1.29 is 14.4 Å². The summed E-state index contributed by atoms with van der Waals surface area (Å²) in [6, 6.07) is 8.54. The highest BCUT2D eigenvalue weighted by atomic mass is 16.2. The first-order valence-electron chi connectivity index (χ1n) is 8.88. The molecule has 0 aliphatic carbocycles. The van der Waals surface area contributed by atoms with Crippen LogP contribution >= 0.6 is 0 Å². The van der Waals surface area contributed by atoms with Crippen LogP contribution in [0.25, 0.3) is 6.08 Å². The summed E-state index contributed by atoms with van der Waals surface area (Å²) in [5, 5.41) is 2.27. The lowest BCUT2D eigenvalue weighted by Crippen LogP contribution is -2.54. The molecule has 1 aromatic heterocycles. The van der Waals surface area contributed by atoms with Gasteiger partial charge in [0.1, 0.15) is 5.57 Å². The number of amides is 4. The first kappa shape index (κ1) is 18.6. The number of benzene rings is 1. The van der Waals surface area contributed by atoms with Crippen LogP contribution in [0.5, 0.6) is 0 Å². The average Bonchev–Trinajstić information content (AvgIpc) is 2.86. The van der Waals surface area contributed by atoms with Crippen LogP contribution in [0.4, 0.5) is 10.5 Å². The van der Waals surface area contributed by atoms with E-state index in [4.69, 9.17) is 0 Å². The van der Waals surface area contributed by atoms with Gasteiger partial charge in [-0.15, -0.1) is 0 Å². The van der Waals surface area contributed by atoms with Crippen molar-refractivity contribution in [3.63, 3.8) is 0 Å². The Kier molecular flexibility index (Phi) is 4.74. The van der Waals surface area contributed by atoms with Gasteiger partial charge in [-0.2, -0.15) is 0 Å². The lowest BCUT2D eigenvalue weighted by molar-refractivity contribution is -0.122. The molecule has 3 rings (SSSR count). The molecule has 6 nitrogen and oxygen atoms in total. The van der Waals surface area contributed by atoms with Crippen molar-refractivity contribution in [2.75, 3.05) is 4.90 Å². The van der Waals surface area contributed by atoms with Crippen LogP contribution in [0.1, 0.15) is 42.4 Å². The number of carbonyl (C=O) groups excluding carboxylic acids is 3. The van der Waals surface area contributed by atoms with Gasteiger partial charge in [-0.3, -0.25) is 14.9 Å². The van der Waals surface area contributed by atoms with Crippen LogP contribution < -0.4 is 10.2 Å². The largest absolute Gasteiger partial charge is 0.346 e. The van der Waals surface area contributed by atoms with Gasteiger partial charge in [-0.1, -0.05) is 18.2 Å². The third kappa shape index (κ3) is 3.18. The third-order valence-corrected chi connectivity index (χ3v) is 4.80. The Morgan fingerprint density at radius 3 is 2.30 bits per heavy atom. The minimum atomic E-state index is -0.732. The minimum Gasteiger partial charge on any atom is -0.346 e. The number of carbonyl (C=O) groups is 3. The standard InChI is InChI=1S/C21H23N3O3/c1-12(2)23-14(4)10-16(15(23)5)11-17-19(25)22-21(27)24(20(17)26)18-9-7-6-8-13(18)3/h6-12H,1-5H3,(H,22,25,27). The number of nitrogens with one attached hydrogen (secondary N) is 1. The summed E-state index contributed by atoms with van der Waals surface area (Å²) >= 11 is 0. The Bertz CT molecular complexity index is 983. The van der Waals surface area contributed by atoms with Crippen molar-refractivity contribution in [2.24, 2.45) is 0 Å². The second kappa shape index (κ2) is 6.87. The maximum Gasteiger partial charge on any atom is 0.335 e. The number of aryl methyl sites for hydroxylation is 2. The zero-order chi connectivity index (χ0) is 19.9. The number of imide groups is 2. The summed E-state index contributed by atoms with van der Waals surface area (Å²) < 4.78 is 2.14. The Morgan fingerprint density at radius 2 is 1.70 bits per heavy atom. The summed E-state index contributed by atoms with van der Waals surface area (Å²) in [5.41, 5.74) is 3.99. The first-order chi connectivity index (χ1) is 12.7. The summed E-state index contributed by atoms with van der Waals surface area (Å²) in [6.07, 6.45) is 1.57. The number of hydrogen-bond donors (Lipinski definition) is 1. The molecule has 1 N–H and O–H groups in total. The number of nitrogens with zero attached hydrogens (tertiary/aromatic N) is 2. The third-order valence-electron chi connectivity index (χ3n) is 4.80. The molecule has 1 saturated heterocycles. The molecule has 6 heteroatoms. The van der Waals surface area contributed by atoms with E-state index in [0.717, 1.165) is 27.4 Å². The molecule has 0 radical (unpaired) electrons. The molecule has 0 spiro atoms. The van der Waals surface area contributed by atoms with E-state index in [9.17, 15) is 14.4 Å². The zero-order valence-electron chi connectivity index (χ0n) is 16.2. The molecule has 140 valence electrons. The number of rotatable bonds is 3. The summed E-state index contributed by atoms with van der Waals surface area (Å²) in [7, 11) is 0. The fourth-order valence-corrected chi connectivity index (χ4v) is 3.59. The molecule has 2 aromatic rings. The highest BCUT2D eigenvalue weighted by molar-refractivity contribution is 6.39. The topological polar surface area (TPSA) is 71.4 Å². The number of hydrogen-bond acceptors (Lipinski definition) is 3. The highest BCUT2D eigenvalue weighted by Crippen LogP contribution is 2.27. The Morgan fingerprint density at radius 1 is 1.04 bits per heavy atom. The molecule has 1 aliphatic rings.